The lowest BCUT2D eigenvalue weighted by Gasteiger charge is -2.27. The molecule has 5 nitrogen and oxygen atoms in total. The van der Waals surface area contributed by atoms with Gasteiger partial charge in [0.15, 0.2) is 11.7 Å². The second-order valence-electron chi connectivity index (χ2n) is 6.53. The van der Waals surface area contributed by atoms with E-state index < -0.39 is 11.9 Å². The van der Waals surface area contributed by atoms with Crippen LogP contribution in [0.2, 0.25) is 0 Å². The molecule has 2 aromatic rings. The van der Waals surface area contributed by atoms with E-state index in [1.807, 2.05) is 0 Å². The van der Waals surface area contributed by atoms with Crippen molar-refractivity contribution in [1.82, 2.24) is 20.5 Å². The largest absolute Gasteiger partial charge is 0.434 e. The van der Waals surface area contributed by atoms with E-state index in [2.05, 4.69) is 43.0 Å². The third-order valence-electron chi connectivity index (χ3n) is 4.61. The molecule has 0 amide bonds. The zero-order chi connectivity index (χ0) is 20.0. The van der Waals surface area contributed by atoms with Gasteiger partial charge in [-0.05, 0) is 37.4 Å². The first kappa shape index (κ1) is 24.4. The van der Waals surface area contributed by atoms with E-state index in [4.69, 9.17) is 0 Å². The molecule has 2 aromatic heterocycles. The number of aliphatic imine (C=N–C) groups is 1. The fraction of sp³-hybridized carbons (Fsp3) is 0.556. The fourth-order valence-corrected chi connectivity index (χ4v) is 4.87. The Labute approximate surface area is 193 Å². The van der Waals surface area contributed by atoms with Crippen LogP contribution in [0, 0.1) is 0 Å². The molecule has 2 N–H and O–H groups in total. The van der Waals surface area contributed by atoms with Gasteiger partial charge in [-0.2, -0.15) is 13.2 Å². The maximum absolute atomic E-state index is 12.6. The molecule has 0 radical (unpaired) electrons. The summed E-state index contributed by atoms with van der Waals surface area (Å²) in [6.07, 6.45) is -1.51. The minimum Gasteiger partial charge on any atom is -0.356 e. The normalized spacial score (nSPS) is 16.5. The molecule has 0 saturated carbocycles. The molecule has 0 spiro atoms. The minimum absolute atomic E-state index is 0. The smallest absolute Gasteiger partial charge is 0.356 e. The van der Waals surface area contributed by atoms with Gasteiger partial charge in [0.05, 0.1) is 11.0 Å². The Morgan fingerprint density at radius 2 is 2.03 bits per heavy atom. The lowest BCUT2D eigenvalue weighted by atomic mass is 10.2. The molecule has 1 atom stereocenters. The van der Waals surface area contributed by atoms with Gasteiger partial charge in [-0.25, -0.2) is 4.98 Å². The van der Waals surface area contributed by atoms with E-state index in [9.17, 15) is 13.2 Å². The van der Waals surface area contributed by atoms with Gasteiger partial charge in [-0.3, -0.25) is 9.89 Å². The number of guanidine groups is 1. The van der Waals surface area contributed by atoms with Crippen molar-refractivity contribution >= 4 is 52.6 Å². The summed E-state index contributed by atoms with van der Waals surface area (Å²) in [5.74, 6) is 0.647. The van der Waals surface area contributed by atoms with Gasteiger partial charge in [0.2, 0.25) is 0 Å². The summed E-state index contributed by atoms with van der Waals surface area (Å²) < 4.78 is 37.9. The average Bonchev–Trinajstić information content (AvgIpc) is 3.41. The van der Waals surface area contributed by atoms with Crippen LogP contribution >= 0.6 is 46.7 Å². The van der Waals surface area contributed by atoms with E-state index in [-0.39, 0.29) is 24.0 Å². The molecular formula is C18H25F3IN5S2. The molecule has 3 heterocycles. The maximum Gasteiger partial charge on any atom is 0.434 e. The van der Waals surface area contributed by atoms with Gasteiger partial charge in [0.1, 0.15) is 0 Å². The van der Waals surface area contributed by atoms with Crippen LogP contribution < -0.4 is 10.6 Å². The lowest BCUT2D eigenvalue weighted by molar-refractivity contribution is -0.140. The van der Waals surface area contributed by atoms with Crippen LogP contribution in [0.1, 0.15) is 34.5 Å². The van der Waals surface area contributed by atoms with Crippen molar-refractivity contribution in [3.05, 3.63) is 38.5 Å². The molecule has 1 fully saturated rings. The van der Waals surface area contributed by atoms with Crippen LogP contribution in [-0.4, -0.2) is 49.1 Å². The maximum atomic E-state index is 12.6. The Kier molecular flexibility index (Phi) is 9.63. The number of alkyl halides is 3. The molecule has 3 rings (SSSR count). The number of hydrogen-bond donors (Lipinski definition) is 2. The molecule has 29 heavy (non-hydrogen) atoms. The molecule has 0 aromatic carbocycles. The van der Waals surface area contributed by atoms with Crippen molar-refractivity contribution < 1.29 is 13.2 Å². The Morgan fingerprint density at radius 1 is 1.28 bits per heavy atom. The predicted octanol–water partition coefficient (Wildman–Crippen LogP) is 4.39. The van der Waals surface area contributed by atoms with Crippen molar-refractivity contribution in [2.45, 2.75) is 31.5 Å². The number of hydrogen-bond acceptors (Lipinski definition) is 5. The second kappa shape index (κ2) is 11.5. The highest BCUT2D eigenvalue weighted by Crippen LogP contribution is 2.30. The van der Waals surface area contributed by atoms with Gasteiger partial charge < -0.3 is 10.6 Å². The third-order valence-corrected chi connectivity index (χ3v) is 6.50. The van der Waals surface area contributed by atoms with Crippen LogP contribution in [0.3, 0.4) is 0 Å². The van der Waals surface area contributed by atoms with Crippen molar-refractivity contribution in [1.29, 1.82) is 0 Å². The molecule has 1 unspecified atom stereocenters. The second-order valence-corrected chi connectivity index (χ2v) is 8.45. The first-order chi connectivity index (χ1) is 13.5. The summed E-state index contributed by atoms with van der Waals surface area (Å²) in [5.41, 5.74) is -0.820. The summed E-state index contributed by atoms with van der Waals surface area (Å²) in [5, 5.41) is 10.1. The van der Waals surface area contributed by atoms with E-state index >= 15 is 0 Å². The van der Waals surface area contributed by atoms with Gasteiger partial charge in [0, 0.05) is 36.8 Å². The molecular weight excluding hydrogens is 534 g/mol. The molecule has 0 aliphatic carbocycles. The molecule has 1 aliphatic heterocycles. The first-order valence-corrected chi connectivity index (χ1v) is 11.0. The zero-order valence-corrected chi connectivity index (χ0v) is 20.0. The third kappa shape index (κ3) is 7.07. The van der Waals surface area contributed by atoms with Crippen molar-refractivity contribution in [3.63, 3.8) is 0 Å². The summed E-state index contributed by atoms with van der Waals surface area (Å²) in [7, 11) is 1.69. The fourth-order valence-electron chi connectivity index (χ4n) is 3.20. The number of rotatable bonds is 7. The van der Waals surface area contributed by atoms with E-state index in [1.54, 1.807) is 18.4 Å². The van der Waals surface area contributed by atoms with E-state index in [1.165, 1.54) is 17.7 Å². The van der Waals surface area contributed by atoms with E-state index in [0.717, 1.165) is 36.4 Å². The number of nitrogens with one attached hydrogen (secondary N) is 2. The number of halogens is 4. The number of thiazole rings is 1. The number of thiophene rings is 1. The van der Waals surface area contributed by atoms with Crippen LogP contribution in [0.4, 0.5) is 13.2 Å². The van der Waals surface area contributed by atoms with Gasteiger partial charge in [0.25, 0.3) is 0 Å². The van der Waals surface area contributed by atoms with Gasteiger partial charge >= 0.3 is 6.18 Å². The monoisotopic (exact) mass is 559 g/mol. The van der Waals surface area contributed by atoms with Crippen LogP contribution in [0.25, 0.3) is 0 Å². The standard InChI is InChI=1S/C18H24F3N5S2.HI/c1-22-17(23-7-6-16-25-15(12-28-16)18(19,20)21)24-11-13(14-5-4-10-27-14)26-8-2-3-9-26;/h4-5,10,12-13H,2-3,6-9,11H2,1H3,(H2,22,23,24);1H. The quantitative estimate of drug-likeness (QED) is 0.301. The zero-order valence-electron chi connectivity index (χ0n) is 16.0. The molecule has 162 valence electrons. The van der Waals surface area contributed by atoms with Crippen molar-refractivity contribution in [2.24, 2.45) is 4.99 Å². The van der Waals surface area contributed by atoms with Crippen LogP contribution in [0.15, 0.2) is 27.9 Å². The Morgan fingerprint density at radius 3 is 2.62 bits per heavy atom. The summed E-state index contributed by atoms with van der Waals surface area (Å²) in [4.78, 5) is 11.7. The Hall–Kier alpha value is -0.920. The van der Waals surface area contributed by atoms with Gasteiger partial charge in [-0.15, -0.1) is 46.7 Å². The molecule has 1 aliphatic rings. The van der Waals surface area contributed by atoms with E-state index in [0.29, 0.717) is 30.0 Å². The predicted molar refractivity (Wildman–Crippen MR) is 123 cm³/mol. The first-order valence-electron chi connectivity index (χ1n) is 9.21. The SMILES string of the molecule is CN=C(NCCc1nc(C(F)(F)F)cs1)NCC(c1cccs1)N1CCCC1.I. The number of nitrogens with zero attached hydrogens (tertiary/aromatic N) is 3. The van der Waals surface area contributed by atoms with Crippen molar-refractivity contribution in [3.8, 4) is 0 Å². The highest BCUT2D eigenvalue weighted by atomic mass is 127. The topological polar surface area (TPSA) is 52.6 Å². The lowest BCUT2D eigenvalue weighted by Crippen LogP contribution is -2.43. The number of likely N-dealkylation sites (tertiary alicyclic amines) is 1. The number of aromatic nitrogens is 1. The summed E-state index contributed by atoms with van der Waals surface area (Å²) >= 11 is 2.79. The Bertz CT molecular complexity index is 758. The molecule has 11 heteroatoms. The van der Waals surface area contributed by atoms with Crippen molar-refractivity contribution in [2.75, 3.05) is 33.2 Å². The van der Waals surface area contributed by atoms with Crippen LogP contribution in [0.5, 0.6) is 0 Å². The average molecular weight is 559 g/mol. The minimum atomic E-state index is -4.38. The Balaban J connectivity index is 0.00000300. The summed E-state index contributed by atoms with van der Waals surface area (Å²) in [6, 6.07) is 4.53. The molecule has 1 saturated heterocycles. The highest BCUT2D eigenvalue weighted by Gasteiger charge is 2.33. The van der Waals surface area contributed by atoms with Gasteiger partial charge in [-0.1, -0.05) is 6.07 Å². The molecule has 0 bridgehead atoms. The van der Waals surface area contributed by atoms with Crippen LogP contribution in [-0.2, 0) is 12.6 Å². The highest BCUT2D eigenvalue weighted by molar-refractivity contribution is 14.0. The summed E-state index contributed by atoms with van der Waals surface area (Å²) in [6.45, 7) is 3.40.